The van der Waals surface area contributed by atoms with Gasteiger partial charge in [-0.2, -0.15) is 4.31 Å². The van der Waals surface area contributed by atoms with Crippen molar-refractivity contribution in [3.05, 3.63) is 59.2 Å². The molecular weight excluding hydrogens is 368 g/mol. The van der Waals surface area contributed by atoms with E-state index in [4.69, 9.17) is 0 Å². The van der Waals surface area contributed by atoms with Crippen molar-refractivity contribution in [2.45, 2.75) is 31.7 Å². The maximum Gasteiger partial charge on any atom is 0.336 e. The van der Waals surface area contributed by atoms with Crippen LogP contribution >= 0.6 is 0 Å². The average molecular weight is 390 g/mol. The number of sulfonamides is 1. The van der Waals surface area contributed by atoms with Crippen molar-refractivity contribution in [3.8, 4) is 0 Å². The van der Waals surface area contributed by atoms with Gasteiger partial charge in [0.05, 0.1) is 10.5 Å². The second-order valence-electron chi connectivity index (χ2n) is 6.43. The Hall–Kier alpha value is -2.71. The first-order valence-corrected chi connectivity index (χ1v) is 9.71. The SMILES string of the molecule is Cc1ccc(NC(=O)c2cccc(S(=O)(=O)N(C)C(C)C)c2)cc1C(=O)O. The fourth-order valence-corrected chi connectivity index (χ4v) is 3.79. The smallest absolute Gasteiger partial charge is 0.336 e. The van der Waals surface area contributed by atoms with Gasteiger partial charge < -0.3 is 10.4 Å². The standard InChI is InChI=1S/C19H22N2O5S/c1-12(2)21(4)27(25,26)16-7-5-6-14(10-16)18(22)20-15-9-8-13(3)17(11-15)19(23)24/h5-12H,1-4H3,(H,20,22)(H,23,24). The number of benzene rings is 2. The third-order valence-electron chi connectivity index (χ3n) is 4.23. The number of aromatic carboxylic acids is 1. The van der Waals surface area contributed by atoms with Crippen LogP contribution in [0.1, 0.15) is 40.1 Å². The van der Waals surface area contributed by atoms with Gasteiger partial charge in [0.2, 0.25) is 10.0 Å². The molecule has 0 bridgehead atoms. The summed E-state index contributed by atoms with van der Waals surface area (Å²) in [7, 11) is -2.24. The quantitative estimate of drug-likeness (QED) is 0.789. The lowest BCUT2D eigenvalue weighted by atomic mass is 10.1. The molecule has 0 aliphatic carbocycles. The van der Waals surface area contributed by atoms with E-state index >= 15 is 0 Å². The summed E-state index contributed by atoms with van der Waals surface area (Å²) >= 11 is 0. The van der Waals surface area contributed by atoms with E-state index in [1.807, 2.05) is 0 Å². The Balaban J connectivity index is 2.31. The van der Waals surface area contributed by atoms with Crippen LogP contribution in [-0.2, 0) is 10.0 Å². The van der Waals surface area contributed by atoms with Crippen LogP contribution in [0.4, 0.5) is 5.69 Å². The lowest BCUT2D eigenvalue weighted by Gasteiger charge is -2.21. The normalized spacial score (nSPS) is 11.6. The molecule has 0 atom stereocenters. The molecule has 7 nitrogen and oxygen atoms in total. The van der Waals surface area contributed by atoms with Crippen molar-refractivity contribution < 1.29 is 23.1 Å². The van der Waals surface area contributed by atoms with Crippen LogP contribution in [0.3, 0.4) is 0 Å². The van der Waals surface area contributed by atoms with Crippen LogP contribution in [0.15, 0.2) is 47.4 Å². The number of rotatable bonds is 6. The predicted octanol–water partition coefficient (Wildman–Crippen LogP) is 2.97. The minimum absolute atomic E-state index is 0.0153. The number of aryl methyl sites for hydroxylation is 1. The van der Waals surface area contributed by atoms with E-state index in [1.165, 1.54) is 41.7 Å². The highest BCUT2D eigenvalue weighted by Crippen LogP contribution is 2.20. The molecule has 0 aromatic heterocycles. The number of carbonyl (C=O) groups is 2. The molecule has 0 saturated carbocycles. The number of carboxylic acids is 1. The summed E-state index contributed by atoms with van der Waals surface area (Å²) < 4.78 is 26.4. The number of carboxylic acid groups (broad SMARTS) is 1. The summed E-state index contributed by atoms with van der Waals surface area (Å²) in [5.41, 5.74) is 1.13. The fourth-order valence-electron chi connectivity index (χ4n) is 2.38. The maximum absolute atomic E-state index is 12.6. The summed E-state index contributed by atoms with van der Waals surface area (Å²) in [5.74, 6) is -1.62. The molecule has 0 spiro atoms. The summed E-state index contributed by atoms with van der Waals surface area (Å²) in [6.45, 7) is 5.17. The van der Waals surface area contributed by atoms with E-state index in [2.05, 4.69) is 5.32 Å². The predicted molar refractivity (Wildman–Crippen MR) is 103 cm³/mol. The molecule has 8 heteroatoms. The van der Waals surface area contributed by atoms with Crippen LogP contribution in [0.25, 0.3) is 0 Å². The highest BCUT2D eigenvalue weighted by Gasteiger charge is 2.24. The molecule has 0 radical (unpaired) electrons. The molecule has 2 rings (SSSR count). The van der Waals surface area contributed by atoms with Gasteiger partial charge in [-0.25, -0.2) is 13.2 Å². The Morgan fingerprint density at radius 1 is 1.11 bits per heavy atom. The minimum Gasteiger partial charge on any atom is -0.478 e. The molecule has 1 amide bonds. The first-order valence-electron chi connectivity index (χ1n) is 8.27. The van der Waals surface area contributed by atoms with E-state index in [0.29, 0.717) is 11.3 Å². The Kier molecular flexibility index (Phi) is 6.02. The maximum atomic E-state index is 12.6. The van der Waals surface area contributed by atoms with Gasteiger partial charge in [-0.05, 0) is 56.7 Å². The summed E-state index contributed by atoms with van der Waals surface area (Å²) in [4.78, 5) is 23.7. The number of hydrogen-bond acceptors (Lipinski definition) is 4. The van der Waals surface area contributed by atoms with Crippen LogP contribution < -0.4 is 5.32 Å². The Bertz CT molecular complexity index is 983. The van der Waals surface area contributed by atoms with Gasteiger partial charge in [0.1, 0.15) is 0 Å². The van der Waals surface area contributed by atoms with E-state index in [0.717, 1.165) is 0 Å². The lowest BCUT2D eigenvalue weighted by Crippen LogP contribution is -2.33. The Labute approximate surface area is 158 Å². The molecule has 0 saturated heterocycles. The van der Waals surface area contributed by atoms with Crippen molar-refractivity contribution in [2.24, 2.45) is 0 Å². The van der Waals surface area contributed by atoms with Crippen molar-refractivity contribution in [1.29, 1.82) is 0 Å². The zero-order valence-corrected chi connectivity index (χ0v) is 16.4. The molecule has 0 aliphatic rings. The second kappa shape index (κ2) is 7.89. The van der Waals surface area contributed by atoms with E-state index in [9.17, 15) is 23.1 Å². The van der Waals surface area contributed by atoms with Gasteiger partial charge in [0, 0.05) is 24.3 Å². The van der Waals surface area contributed by atoms with Gasteiger partial charge >= 0.3 is 5.97 Å². The van der Waals surface area contributed by atoms with Gasteiger partial charge in [-0.1, -0.05) is 12.1 Å². The Morgan fingerprint density at radius 3 is 2.37 bits per heavy atom. The van der Waals surface area contributed by atoms with Crippen molar-refractivity contribution in [2.75, 3.05) is 12.4 Å². The number of amides is 1. The topological polar surface area (TPSA) is 104 Å². The molecule has 0 unspecified atom stereocenters. The molecule has 144 valence electrons. The van der Waals surface area contributed by atoms with Gasteiger partial charge in [-0.3, -0.25) is 4.79 Å². The molecule has 2 aromatic rings. The largest absolute Gasteiger partial charge is 0.478 e. The number of hydrogen-bond donors (Lipinski definition) is 2. The van der Waals surface area contributed by atoms with Crippen molar-refractivity contribution in [3.63, 3.8) is 0 Å². The third kappa shape index (κ3) is 4.53. The van der Waals surface area contributed by atoms with Crippen LogP contribution in [-0.4, -0.2) is 42.8 Å². The fraction of sp³-hybridized carbons (Fsp3) is 0.263. The molecule has 0 aliphatic heterocycles. The highest BCUT2D eigenvalue weighted by atomic mass is 32.2. The van der Waals surface area contributed by atoms with Crippen LogP contribution in [0.5, 0.6) is 0 Å². The first kappa shape index (κ1) is 20.6. The van der Waals surface area contributed by atoms with Gasteiger partial charge in [0.25, 0.3) is 5.91 Å². The molecule has 2 N–H and O–H groups in total. The second-order valence-corrected chi connectivity index (χ2v) is 8.43. The number of nitrogens with zero attached hydrogens (tertiary/aromatic N) is 1. The first-order chi connectivity index (χ1) is 12.5. The number of nitrogens with one attached hydrogen (secondary N) is 1. The van der Waals surface area contributed by atoms with E-state index in [1.54, 1.807) is 32.9 Å². The lowest BCUT2D eigenvalue weighted by molar-refractivity contribution is 0.0695. The zero-order chi connectivity index (χ0) is 20.4. The number of anilines is 1. The van der Waals surface area contributed by atoms with Gasteiger partial charge in [-0.15, -0.1) is 0 Å². The average Bonchev–Trinajstić information content (AvgIpc) is 2.62. The molecule has 0 heterocycles. The molecule has 2 aromatic carbocycles. The molecular formula is C19H22N2O5S. The van der Waals surface area contributed by atoms with Gasteiger partial charge in [0.15, 0.2) is 0 Å². The zero-order valence-electron chi connectivity index (χ0n) is 15.6. The van der Waals surface area contributed by atoms with E-state index in [-0.39, 0.29) is 22.1 Å². The summed E-state index contributed by atoms with van der Waals surface area (Å²) in [5, 5.41) is 11.8. The van der Waals surface area contributed by atoms with Crippen molar-refractivity contribution >= 4 is 27.6 Å². The highest BCUT2D eigenvalue weighted by molar-refractivity contribution is 7.89. The Morgan fingerprint density at radius 2 is 1.78 bits per heavy atom. The summed E-state index contributed by atoms with van der Waals surface area (Å²) in [6, 6.07) is 10.0. The van der Waals surface area contributed by atoms with Crippen LogP contribution in [0.2, 0.25) is 0 Å². The van der Waals surface area contributed by atoms with E-state index < -0.39 is 21.9 Å². The summed E-state index contributed by atoms with van der Waals surface area (Å²) in [6.07, 6.45) is 0. The monoisotopic (exact) mass is 390 g/mol. The minimum atomic E-state index is -3.72. The van der Waals surface area contributed by atoms with Crippen LogP contribution in [0, 0.1) is 6.92 Å². The molecule has 27 heavy (non-hydrogen) atoms. The van der Waals surface area contributed by atoms with Crippen molar-refractivity contribution in [1.82, 2.24) is 4.31 Å². The third-order valence-corrected chi connectivity index (χ3v) is 6.26. The number of carbonyl (C=O) groups excluding carboxylic acids is 1. The molecule has 0 fully saturated rings.